The van der Waals surface area contributed by atoms with Gasteiger partial charge in [0.15, 0.2) is 0 Å². The van der Waals surface area contributed by atoms with Gasteiger partial charge in [-0.15, -0.1) is 0 Å². The maximum absolute atomic E-state index is 12.6. The zero-order valence-corrected chi connectivity index (χ0v) is 12.5. The van der Waals surface area contributed by atoms with Gasteiger partial charge in [-0.25, -0.2) is 0 Å². The number of rotatable bonds is 4. The van der Waals surface area contributed by atoms with E-state index in [9.17, 15) is 14.7 Å². The SMILES string of the molecule is CCC1CC(C(=O)O)C(C(=O)N(C)C2CCSC2)C1. The second kappa shape index (κ2) is 6.16. The lowest BCUT2D eigenvalue weighted by atomic mass is 9.94. The Bertz CT molecular complexity index is 355. The largest absolute Gasteiger partial charge is 0.481 e. The molecule has 1 saturated heterocycles. The topological polar surface area (TPSA) is 57.6 Å². The fourth-order valence-corrected chi connectivity index (χ4v) is 4.56. The van der Waals surface area contributed by atoms with Gasteiger partial charge in [-0.1, -0.05) is 13.3 Å². The molecule has 2 rings (SSSR count). The highest BCUT2D eigenvalue weighted by Gasteiger charge is 2.44. The predicted molar refractivity (Wildman–Crippen MR) is 76.1 cm³/mol. The molecular weight excluding hydrogens is 262 g/mol. The number of nitrogens with zero attached hydrogens (tertiary/aromatic N) is 1. The van der Waals surface area contributed by atoms with Gasteiger partial charge >= 0.3 is 5.97 Å². The van der Waals surface area contributed by atoms with Crippen molar-refractivity contribution in [2.75, 3.05) is 18.6 Å². The number of carbonyl (C=O) groups excluding carboxylic acids is 1. The van der Waals surface area contributed by atoms with Crippen LogP contribution in [0.1, 0.15) is 32.6 Å². The van der Waals surface area contributed by atoms with Gasteiger partial charge in [0.2, 0.25) is 5.91 Å². The molecule has 108 valence electrons. The monoisotopic (exact) mass is 285 g/mol. The Balaban J connectivity index is 2.05. The molecular formula is C14H23NO3S. The van der Waals surface area contributed by atoms with Crippen LogP contribution in [0.25, 0.3) is 0 Å². The van der Waals surface area contributed by atoms with Crippen LogP contribution in [0.4, 0.5) is 0 Å². The summed E-state index contributed by atoms with van der Waals surface area (Å²) in [6.07, 6.45) is 3.41. The smallest absolute Gasteiger partial charge is 0.307 e. The number of carbonyl (C=O) groups is 2. The summed E-state index contributed by atoms with van der Waals surface area (Å²) < 4.78 is 0. The molecule has 0 aromatic rings. The molecule has 0 aromatic carbocycles. The van der Waals surface area contributed by atoms with Gasteiger partial charge in [-0.2, -0.15) is 11.8 Å². The first-order valence-corrected chi connectivity index (χ1v) is 8.27. The Morgan fingerprint density at radius 1 is 1.32 bits per heavy atom. The highest BCUT2D eigenvalue weighted by molar-refractivity contribution is 7.99. The Morgan fingerprint density at radius 2 is 2.00 bits per heavy atom. The quantitative estimate of drug-likeness (QED) is 0.859. The van der Waals surface area contributed by atoms with Gasteiger partial charge in [-0.3, -0.25) is 9.59 Å². The lowest BCUT2D eigenvalue weighted by Crippen LogP contribution is -2.42. The second-order valence-electron chi connectivity index (χ2n) is 5.76. The predicted octanol–water partition coefficient (Wildman–Crippen LogP) is 2.09. The number of carboxylic acid groups (broad SMARTS) is 1. The maximum atomic E-state index is 12.6. The molecule has 0 spiro atoms. The first kappa shape index (κ1) is 14.7. The van der Waals surface area contributed by atoms with E-state index in [4.69, 9.17) is 0 Å². The van der Waals surface area contributed by atoms with Crippen molar-refractivity contribution < 1.29 is 14.7 Å². The van der Waals surface area contributed by atoms with E-state index in [0.717, 1.165) is 30.8 Å². The minimum Gasteiger partial charge on any atom is -0.481 e. The van der Waals surface area contributed by atoms with Crippen LogP contribution in [0, 0.1) is 17.8 Å². The molecule has 1 N–H and O–H groups in total. The third kappa shape index (κ3) is 3.07. The summed E-state index contributed by atoms with van der Waals surface area (Å²) in [6.45, 7) is 2.08. The van der Waals surface area contributed by atoms with Crippen LogP contribution in [0.5, 0.6) is 0 Å². The number of hydrogen-bond donors (Lipinski definition) is 1. The fraction of sp³-hybridized carbons (Fsp3) is 0.857. The van der Waals surface area contributed by atoms with E-state index in [1.165, 1.54) is 0 Å². The van der Waals surface area contributed by atoms with Crippen LogP contribution in [0.15, 0.2) is 0 Å². The molecule has 4 nitrogen and oxygen atoms in total. The fourth-order valence-electron chi connectivity index (χ4n) is 3.29. The minimum atomic E-state index is -0.802. The lowest BCUT2D eigenvalue weighted by molar-refractivity contribution is -0.149. The van der Waals surface area contributed by atoms with E-state index in [0.29, 0.717) is 18.4 Å². The van der Waals surface area contributed by atoms with E-state index >= 15 is 0 Å². The van der Waals surface area contributed by atoms with Crippen LogP contribution in [0.2, 0.25) is 0 Å². The molecule has 2 aliphatic rings. The van der Waals surface area contributed by atoms with E-state index in [2.05, 4.69) is 6.92 Å². The highest BCUT2D eigenvalue weighted by atomic mass is 32.2. The maximum Gasteiger partial charge on any atom is 0.307 e. The number of amides is 1. The summed E-state index contributed by atoms with van der Waals surface area (Å²) in [7, 11) is 1.84. The van der Waals surface area contributed by atoms with Gasteiger partial charge in [0, 0.05) is 18.8 Å². The van der Waals surface area contributed by atoms with Crippen molar-refractivity contribution in [1.29, 1.82) is 0 Å². The van der Waals surface area contributed by atoms with Crippen molar-refractivity contribution in [3.8, 4) is 0 Å². The zero-order chi connectivity index (χ0) is 14.0. The molecule has 2 fully saturated rings. The van der Waals surface area contributed by atoms with Gasteiger partial charge in [0.25, 0.3) is 0 Å². The van der Waals surface area contributed by atoms with E-state index in [-0.39, 0.29) is 11.8 Å². The van der Waals surface area contributed by atoms with Gasteiger partial charge in [0.05, 0.1) is 11.8 Å². The average Bonchev–Trinajstić information content (AvgIpc) is 3.05. The molecule has 0 bridgehead atoms. The average molecular weight is 285 g/mol. The lowest BCUT2D eigenvalue weighted by Gasteiger charge is -2.28. The molecule has 1 aliphatic carbocycles. The summed E-state index contributed by atoms with van der Waals surface area (Å²) in [4.78, 5) is 25.7. The van der Waals surface area contributed by atoms with Gasteiger partial charge in [0.1, 0.15) is 0 Å². The van der Waals surface area contributed by atoms with Crippen LogP contribution in [-0.4, -0.2) is 46.5 Å². The number of carboxylic acids is 1. The van der Waals surface area contributed by atoms with Crippen LogP contribution >= 0.6 is 11.8 Å². The Labute approximate surface area is 118 Å². The van der Waals surface area contributed by atoms with Crippen molar-refractivity contribution >= 4 is 23.6 Å². The highest BCUT2D eigenvalue weighted by Crippen LogP contribution is 2.40. The summed E-state index contributed by atoms with van der Waals surface area (Å²) in [5, 5.41) is 9.32. The number of hydrogen-bond acceptors (Lipinski definition) is 3. The molecule has 4 atom stereocenters. The summed E-state index contributed by atoms with van der Waals surface area (Å²) in [5.41, 5.74) is 0. The van der Waals surface area contributed by atoms with Crippen molar-refractivity contribution in [1.82, 2.24) is 4.90 Å². The van der Waals surface area contributed by atoms with Crippen molar-refractivity contribution in [2.24, 2.45) is 17.8 Å². The molecule has 1 amide bonds. The van der Waals surface area contributed by atoms with Crippen molar-refractivity contribution in [3.63, 3.8) is 0 Å². The van der Waals surface area contributed by atoms with Crippen LogP contribution in [-0.2, 0) is 9.59 Å². The Hall–Kier alpha value is -0.710. The molecule has 0 radical (unpaired) electrons. The van der Waals surface area contributed by atoms with Crippen molar-refractivity contribution in [2.45, 2.75) is 38.6 Å². The molecule has 19 heavy (non-hydrogen) atoms. The van der Waals surface area contributed by atoms with E-state index < -0.39 is 11.9 Å². The third-order valence-corrected chi connectivity index (χ3v) is 5.82. The van der Waals surface area contributed by atoms with Crippen LogP contribution in [0.3, 0.4) is 0 Å². The summed E-state index contributed by atoms with van der Waals surface area (Å²) >= 11 is 1.87. The number of aliphatic carboxylic acids is 1. The zero-order valence-electron chi connectivity index (χ0n) is 11.7. The normalized spacial score (nSPS) is 34.4. The first-order valence-electron chi connectivity index (χ1n) is 7.11. The molecule has 1 heterocycles. The molecule has 1 aliphatic heterocycles. The Kier molecular flexibility index (Phi) is 4.76. The standard InChI is InChI=1S/C14H23NO3S/c1-3-9-6-11(12(7-9)14(17)18)13(16)15(2)10-4-5-19-8-10/h9-12H,3-8H2,1-2H3,(H,17,18). The summed E-state index contributed by atoms with van der Waals surface area (Å²) in [5.74, 6) is 0.948. The Morgan fingerprint density at radius 3 is 2.53 bits per heavy atom. The molecule has 5 heteroatoms. The van der Waals surface area contributed by atoms with Crippen LogP contribution < -0.4 is 0 Å². The van der Waals surface area contributed by atoms with Crippen molar-refractivity contribution in [3.05, 3.63) is 0 Å². The van der Waals surface area contributed by atoms with E-state index in [1.807, 2.05) is 23.7 Å². The van der Waals surface area contributed by atoms with Gasteiger partial charge in [-0.05, 0) is 30.9 Å². The molecule has 4 unspecified atom stereocenters. The van der Waals surface area contributed by atoms with Gasteiger partial charge < -0.3 is 10.0 Å². The van der Waals surface area contributed by atoms with E-state index in [1.54, 1.807) is 0 Å². The number of thioether (sulfide) groups is 1. The molecule has 0 aromatic heterocycles. The summed E-state index contributed by atoms with van der Waals surface area (Å²) in [6, 6.07) is 0.299. The third-order valence-electron chi connectivity index (χ3n) is 4.67. The second-order valence-corrected chi connectivity index (χ2v) is 6.91. The minimum absolute atomic E-state index is 0.0517. The first-order chi connectivity index (χ1) is 9.04. The molecule has 1 saturated carbocycles.